The Morgan fingerprint density at radius 1 is 1.26 bits per heavy atom. The average molecular weight is 311 g/mol. The van der Waals surface area contributed by atoms with Crippen LogP contribution in [0.1, 0.15) is 30.1 Å². The summed E-state index contributed by atoms with van der Waals surface area (Å²) in [7, 11) is 0. The zero-order chi connectivity index (χ0) is 15.7. The van der Waals surface area contributed by atoms with E-state index in [1.807, 2.05) is 6.07 Å². The number of nitro benzene ring substituents is 1. The number of nitrogens with zero attached hydrogens (tertiary/aromatic N) is 3. The molecular formula is C17H17N3O3. The van der Waals surface area contributed by atoms with Crippen molar-refractivity contribution in [2.45, 2.75) is 31.8 Å². The van der Waals surface area contributed by atoms with E-state index in [-0.39, 0.29) is 28.4 Å². The third kappa shape index (κ3) is 1.59. The number of non-ortho nitro benzene ring substituents is 1. The Hall–Kier alpha value is -2.21. The molecular weight excluding hydrogens is 294 g/mol. The quantitative estimate of drug-likeness (QED) is 0.599. The number of aromatic nitrogens is 1. The summed E-state index contributed by atoms with van der Waals surface area (Å²) < 4.78 is 2.05. The number of hydrogen-bond acceptors (Lipinski definition) is 4. The molecule has 0 spiro atoms. The molecule has 5 rings (SSSR count). The SMILES string of the molecule is O=C1Cn2c3c(c4c([N+](=O)[O-])cccc42)CCN2CCC[C@H]1[C@H]32. The van der Waals surface area contributed by atoms with E-state index in [9.17, 15) is 14.9 Å². The molecule has 1 saturated heterocycles. The topological polar surface area (TPSA) is 68.4 Å². The molecule has 0 N–H and O–H groups in total. The van der Waals surface area contributed by atoms with Crippen molar-refractivity contribution < 1.29 is 9.72 Å². The van der Waals surface area contributed by atoms with E-state index in [4.69, 9.17) is 0 Å². The maximum atomic E-state index is 12.7. The summed E-state index contributed by atoms with van der Waals surface area (Å²) in [5, 5.41) is 12.2. The van der Waals surface area contributed by atoms with Gasteiger partial charge in [-0.2, -0.15) is 0 Å². The van der Waals surface area contributed by atoms with Gasteiger partial charge in [-0.05, 0) is 37.4 Å². The molecule has 0 aliphatic carbocycles. The van der Waals surface area contributed by atoms with Gasteiger partial charge in [0.15, 0.2) is 5.78 Å². The van der Waals surface area contributed by atoms with Crippen molar-refractivity contribution in [3.63, 3.8) is 0 Å². The zero-order valence-electron chi connectivity index (χ0n) is 12.7. The van der Waals surface area contributed by atoms with E-state index in [0.717, 1.165) is 48.8 Å². The molecule has 2 atom stereocenters. The molecule has 3 aliphatic rings. The second-order valence-electron chi connectivity index (χ2n) is 6.82. The number of carbonyl (C=O) groups is 1. The highest BCUT2D eigenvalue weighted by atomic mass is 16.6. The van der Waals surface area contributed by atoms with Crippen molar-refractivity contribution >= 4 is 22.4 Å². The minimum absolute atomic E-state index is 0.0682. The number of fused-ring (bicyclic) bond motifs is 3. The minimum atomic E-state index is -0.294. The largest absolute Gasteiger partial charge is 0.335 e. The first-order valence-corrected chi connectivity index (χ1v) is 8.22. The van der Waals surface area contributed by atoms with Crippen molar-refractivity contribution in [2.75, 3.05) is 13.1 Å². The normalized spacial score (nSPS) is 26.3. The Morgan fingerprint density at radius 3 is 2.96 bits per heavy atom. The van der Waals surface area contributed by atoms with Gasteiger partial charge in [-0.25, -0.2) is 0 Å². The van der Waals surface area contributed by atoms with Crippen molar-refractivity contribution in [1.29, 1.82) is 0 Å². The Labute approximate surface area is 132 Å². The summed E-state index contributed by atoms with van der Waals surface area (Å²) in [5.41, 5.74) is 3.30. The molecule has 2 aromatic rings. The number of rotatable bonds is 1. The van der Waals surface area contributed by atoms with E-state index >= 15 is 0 Å². The lowest BCUT2D eigenvalue weighted by Crippen LogP contribution is -2.49. The first kappa shape index (κ1) is 13.2. The van der Waals surface area contributed by atoms with Gasteiger partial charge < -0.3 is 4.57 Å². The van der Waals surface area contributed by atoms with Gasteiger partial charge in [0.25, 0.3) is 5.69 Å². The van der Waals surface area contributed by atoms with Crippen molar-refractivity contribution in [2.24, 2.45) is 5.92 Å². The lowest BCUT2D eigenvalue weighted by Gasteiger charge is -2.46. The van der Waals surface area contributed by atoms with Crippen molar-refractivity contribution in [3.05, 3.63) is 39.6 Å². The number of hydrogen-bond donors (Lipinski definition) is 0. The van der Waals surface area contributed by atoms with Crippen LogP contribution in [0, 0.1) is 16.0 Å². The maximum absolute atomic E-state index is 12.7. The molecule has 4 heterocycles. The van der Waals surface area contributed by atoms with Gasteiger partial charge in [0.2, 0.25) is 0 Å². The molecule has 0 bridgehead atoms. The second kappa shape index (κ2) is 4.41. The highest BCUT2D eigenvalue weighted by Gasteiger charge is 2.46. The molecule has 23 heavy (non-hydrogen) atoms. The van der Waals surface area contributed by atoms with Gasteiger partial charge in [-0.15, -0.1) is 0 Å². The Morgan fingerprint density at radius 2 is 2.13 bits per heavy atom. The van der Waals surface area contributed by atoms with Crippen LogP contribution in [0.4, 0.5) is 5.69 Å². The summed E-state index contributed by atoms with van der Waals surface area (Å²) in [6.45, 7) is 2.28. The number of Topliss-reactive ketones (excluding diaryl/α,β-unsaturated/α-hetero) is 1. The van der Waals surface area contributed by atoms with Gasteiger partial charge in [0, 0.05) is 24.2 Å². The van der Waals surface area contributed by atoms with Crippen molar-refractivity contribution in [1.82, 2.24) is 9.47 Å². The van der Waals surface area contributed by atoms with Gasteiger partial charge in [0.05, 0.1) is 28.4 Å². The molecule has 3 aliphatic heterocycles. The minimum Gasteiger partial charge on any atom is -0.335 e. The first-order chi connectivity index (χ1) is 11.2. The lowest BCUT2D eigenvalue weighted by molar-refractivity contribution is -0.383. The van der Waals surface area contributed by atoms with Crippen LogP contribution in [0.15, 0.2) is 18.2 Å². The average Bonchev–Trinajstić information content (AvgIpc) is 2.89. The number of carbonyl (C=O) groups excluding carboxylic acids is 1. The molecule has 0 amide bonds. The molecule has 6 nitrogen and oxygen atoms in total. The van der Waals surface area contributed by atoms with E-state index in [1.54, 1.807) is 12.1 Å². The summed E-state index contributed by atoms with van der Waals surface area (Å²) in [6.07, 6.45) is 2.85. The molecule has 0 unspecified atom stereocenters. The monoisotopic (exact) mass is 311 g/mol. The highest BCUT2D eigenvalue weighted by molar-refractivity contribution is 5.97. The lowest BCUT2D eigenvalue weighted by atomic mass is 9.78. The number of nitro groups is 1. The van der Waals surface area contributed by atoms with Crippen LogP contribution in [0.3, 0.4) is 0 Å². The van der Waals surface area contributed by atoms with Crippen LogP contribution in [-0.2, 0) is 17.8 Å². The predicted octanol–water partition coefficient (Wildman–Crippen LogP) is 2.44. The van der Waals surface area contributed by atoms with E-state index in [1.165, 1.54) is 5.69 Å². The van der Waals surface area contributed by atoms with Crippen LogP contribution in [-0.4, -0.2) is 33.3 Å². The van der Waals surface area contributed by atoms with E-state index in [0.29, 0.717) is 6.54 Å². The molecule has 0 radical (unpaired) electrons. The Bertz CT molecular complexity index is 870. The number of benzene rings is 1. The summed E-state index contributed by atoms with van der Waals surface area (Å²) >= 11 is 0. The fourth-order valence-corrected chi connectivity index (χ4v) is 4.94. The highest BCUT2D eigenvalue weighted by Crippen LogP contribution is 2.48. The van der Waals surface area contributed by atoms with Gasteiger partial charge in [-0.3, -0.25) is 19.8 Å². The van der Waals surface area contributed by atoms with E-state index < -0.39 is 0 Å². The third-order valence-electron chi connectivity index (χ3n) is 5.80. The number of ketones is 1. The number of piperidine rings is 1. The maximum Gasteiger partial charge on any atom is 0.279 e. The van der Waals surface area contributed by atoms with Gasteiger partial charge in [0.1, 0.15) is 0 Å². The fourth-order valence-electron chi connectivity index (χ4n) is 4.94. The Balaban J connectivity index is 1.87. The first-order valence-electron chi connectivity index (χ1n) is 8.22. The predicted molar refractivity (Wildman–Crippen MR) is 84.3 cm³/mol. The van der Waals surface area contributed by atoms with E-state index in [2.05, 4.69) is 9.47 Å². The Kier molecular flexibility index (Phi) is 2.54. The molecule has 1 aromatic carbocycles. The van der Waals surface area contributed by atoms with Crippen molar-refractivity contribution in [3.8, 4) is 0 Å². The van der Waals surface area contributed by atoms with Gasteiger partial charge >= 0.3 is 0 Å². The summed E-state index contributed by atoms with van der Waals surface area (Å²) in [6, 6.07) is 5.35. The van der Waals surface area contributed by atoms with Crippen LogP contribution < -0.4 is 0 Å². The van der Waals surface area contributed by atoms with Crippen LogP contribution in [0.2, 0.25) is 0 Å². The van der Waals surface area contributed by atoms with Crippen LogP contribution in [0.5, 0.6) is 0 Å². The fraction of sp³-hybridized carbons (Fsp3) is 0.471. The molecule has 118 valence electrons. The van der Waals surface area contributed by atoms with Crippen LogP contribution >= 0.6 is 0 Å². The molecule has 6 heteroatoms. The molecule has 1 aromatic heterocycles. The molecule has 0 saturated carbocycles. The summed E-state index contributed by atoms with van der Waals surface area (Å²) in [5.74, 6) is 0.350. The second-order valence-corrected chi connectivity index (χ2v) is 6.82. The smallest absolute Gasteiger partial charge is 0.279 e. The zero-order valence-corrected chi connectivity index (χ0v) is 12.7. The molecule has 1 fully saturated rings. The van der Waals surface area contributed by atoms with Gasteiger partial charge in [-0.1, -0.05) is 6.07 Å². The summed E-state index contributed by atoms with van der Waals surface area (Å²) in [4.78, 5) is 26.2. The van der Waals surface area contributed by atoms with Crippen LogP contribution in [0.25, 0.3) is 10.9 Å². The third-order valence-corrected chi connectivity index (χ3v) is 5.80. The standard InChI is InChI=1S/C17H17N3O3/c21-14-9-19-12-4-1-5-13(20(22)23)15(12)11-6-8-18-7-2-3-10(14)16(18)17(11)19/h1,4-5,10,16H,2-3,6-9H2/t10-,16-/m1/s1.